The molecule has 0 radical (unpaired) electrons. The van der Waals surface area contributed by atoms with Crippen LogP contribution in [-0.2, 0) is 11.3 Å². The van der Waals surface area contributed by atoms with E-state index in [2.05, 4.69) is 25.6 Å². The Bertz CT molecular complexity index is 941. The van der Waals surface area contributed by atoms with E-state index in [-0.39, 0.29) is 11.9 Å². The molecule has 32 heavy (non-hydrogen) atoms. The maximum absolute atomic E-state index is 12.0. The summed E-state index contributed by atoms with van der Waals surface area (Å²) in [6.07, 6.45) is 8.26. The van der Waals surface area contributed by atoms with Crippen molar-refractivity contribution >= 4 is 23.8 Å². The Balaban J connectivity index is 1.48. The molecule has 0 spiro atoms. The highest BCUT2D eigenvalue weighted by atomic mass is 16.2. The van der Waals surface area contributed by atoms with Crippen LogP contribution in [0.2, 0.25) is 0 Å². The molecule has 0 saturated carbocycles. The van der Waals surface area contributed by atoms with Gasteiger partial charge >= 0.3 is 6.03 Å². The van der Waals surface area contributed by atoms with Crippen molar-refractivity contribution in [1.29, 1.82) is 0 Å². The summed E-state index contributed by atoms with van der Waals surface area (Å²) in [5.74, 6) is 0.537. The predicted octanol–water partition coefficient (Wildman–Crippen LogP) is 1.83. The van der Waals surface area contributed by atoms with Crippen LogP contribution in [0, 0.1) is 0 Å². The third-order valence-electron chi connectivity index (χ3n) is 5.15. The molecule has 1 aromatic heterocycles. The van der Waals surface area contributed by atoms with Crippen molar-refractivity contribution in [1.82, 2.24) is 20.2 Å². The topological polar surface area (TPSA) is 152 Å². The number of rotatable bonds is 8. The number of aromatic nitrogens is 2. The minimum absolute atomic E-state index is 0.265. The van der Waals surface area contributed by atoms with Gasteiger partial charge in [-0.05, 0) is 36.5 Å². The van der Waals surface area contributed by atoms with Crippen LogP contribution in [0.3, 0.4) is 0 Å². The molecule has 1 aliphatic heterocycles. The lowest BCUT2D eigenvalue weighted by Gasteiger charge is -2.20. The largest absolute Gasteiger partial charge is 0.370 e. The molecule has 1 saturated heterocycles. The van der Waals surface area contributed by atoms with E-state index in [4.69, 9.17) is 11.5 Å². The van der Waals surface area contributed by atoms with Gasteiger partial charge in [-0.1, -0.05) is 24.6 Å². The van der Waals surface area contributed by atoms with Crippen LogP contribution in [0.5, 0.6) is 0 Å². The third-order valence-corrected chi connectivity index (χ3v) is 5.15. The SMILES string of the molecule is NC(N)=NC(=O)NCc1cccc(-c2cnc(NCCCN3CCCCCC3=O)nc2)c1. The van der Waals surface area contributed by atoms with Crippen molar-refractivity contribution < 1.29 is 9.59 Å². The number of hydrogen-bond acceptors (Lipinski definition) is 5. The minimum Gasteiger partial charge on any atom is -0.370 e. The molecular formula is C22H30N8O2. The number of nitrogens with two attached hydrogens (primary N) is 2. The Hall–Kier alpha value is -3.69. The molecule has 0 aliphatic carbocycles. The van der Waals surface area contributed by atoms with Gasteiger partial charge in [0.2, 0.25) is 11.9 Å². The van der Waals surface area contributed by atoms with Crippen LogP contribution in [0.1, 0.15) is 37.7 Å². The van der Waals surface area contributed by atoms with E-state index in [0.29, 0.717) is 25.5 Å². The Morgan fingerprint density at radius 2 is 1.94 bits per heavy atom. The number of benzene rings is 1. The highest BCUT2D eigenvalue weighted by Crippen LogP contribution is 2.19. The number of carbonyl (C=O) groups excluding carboxylic acids is 2. The second kappa shape index (κ2) is 11.6. The van der Waals surface area contributed by atoms with Gasteiger partial charge in [-0.25, -0.2) is 14.8 Å². The first-order valence-corrected chi connectivity index (χ1v) is 10.8. The molecule has 2 heterocycles. The number of anilines is 1. The van der Waals surface area contributed by atoms with Crippen LogP contribution >= 0.6 is 0 Å². The van der Waals surface area contributed by atoms with E-state index in [9.17, 15) is 9.59 Å². The summed E-state index contributed by atoms with van der Waals surface area (Å²) in [7, 11) is 0. The molecular weight excluding hydrogens is 408 g/mol. The van der Waals surface area contributed by atoms with Crippen LogP contribution in [0.4, 0.5) is 10.7 Å². The lowest BCUT2D eigenvalue weighted by atomic mass is 10.1. The zero-order valence-corrected chi connectivity index (χ0v) is 18.1. The number of aliphatic imine (C=N–C) groups is 1. The summed E-state index contributed by atoms with van der Waals surface area (Å²) in [6, 6.07) is 7.10. The molecule has 6 N–H and O–H groups in total. The molecule has 0 bridgehead atoms. The maximum atomic E-state index is 12.0. The highest BCUT2D eigenvalue weighted by Gasteiger charge is 2.15. The molecule has 170 valence electrons. The number of urea groups is 1. The first-order valence-electron chi connectivity index (χ1n) is 10.8. The molecule has 3 amide bonds. The molecule has 0 atom stereocenters. The predicted molar refractivity (Wildman–Crippen MR) is 124 cm³/mol. The second-order valence-electron chi connectivity index (χ2n) is 7.66. The summed E-state index contributed by atoms with van der Waals surface area (Å²) >= 11 is 0. The monoisotopic (exact) mass is 438 g/mol. The van der Waals surface area contributed by atoms with Crippen molar-refractivity contribution in [3.8, 4) is 11.1 Å². The number of nitrogens with one attached hydrogen (secondary N) is 2. The molecule has 10 nitrogen and oxygen atoms in total. The summed E-state index contributed by atoms with van der Waals surface area (Å²) in [4.78, 5) is 37.7. The van der Waals surface area contributed by atoms with E-state index in [1.807, 2.05) is 29.2 Å². The third kappa shape index (κ3) is 7.22. The van der Waals surface area contributed by atoms with Gasteiger partial charge in [0, 0.05) is 50.6 Å². The van der Waals surface area contributed by atoms with Crippen molar-refractivity contribution in [2.75, 3.05) is 25.0 Å². The Labute approximate surface area is 187 Å². The van der Waals surface area contributed by atoms with Crippen LogP contribution in [0.25, 0.3) is 11.1 Å². The van der Waals surface area contributed by atoms with E-state index >= 15 is 0 Å². The number of hydrogen-bond donors (Lipinski definition) is 4. The normalized spacial score (nSPS) is 13.9. The summed E-state index contributed by atoms with van der Waals surface area (Å²) in [5.41, 5.74) is 13.1. The fourth-order valence-corrected chi connectivity index (χ4v) is 3.51. The first-order chi connectivity index (χ1) is 15.5. The smallest absolute Gasteiger partial charge is 0.344 e. The van der Waals surface area contributed by atoms with Gasteiger partial charge in [0.15, 0.2) is 5.96 Å². The molecule has 10 heteroatoms. The van der Waals surface area contributed by atoms with Crippen molar-refractivity contribution in [2.45, 2.75) is 38.6 Å². The van der Waals surface area contributed by atoms with Gasteiger partial charge in [0.25, 0.3) is 0 Å². The molecule has 0 unspecified atom stereocenters. The second-order valence-corrected chi connectivity index (χ2v) is 7.66. The molecule has 2 aromatic rings. The Morgan fingerprint density at radius 1 is 1.12 bits per heavy atom. The van der Waals surface area contributed by atoms with E-state index < -0.39 is 6.03 Å². The van der Waals surface area contributed by atoms with Crippen molar-refractivity contribution in [3.05, 3.63) is 42.2 Å². The standard InChI is InChI=1S/C22H30N8O2/c23-20(24)29-22(32)28-13-16-6-4-7-17(12-16)18-14-26-21(27-15-18)25-9-5-11-30-10-3-1-2-8-19(30)31/h4,6-7,12,14-15H,1-3,5,8-11,13H2,(H,25,26,27)(H5,23,24,28,29,32). The van der Waals surface area contributed by atoms with Gasteiger partial charge < -0.3 is 27.0 Å². The zero-order valence-electron chi connectivity index (χ0n) is 18.1. The van der Waals surface area contributed by atoms with E-state index in [0.717, 1.165) is 55.5 Å². The lowest BCUT2D eigenvalue weighted by Crippen LogP contribution is -2.32. The minimum atomic E-state index is -0.589. The van der Waals surface area contributed by atoms with Crippen molar-refractivity contribution in [3.63, 3.8) is 0 Å². The number of guanidine groups is 1. The van der Waals surface area contributed by atoms with Gasteiger partial charge in [0.1, 0.15) is 0 Å². The number of carbonyl (C=O) groups is 2. The fourth-order valence-electron chi connectivity index (χ4n) is 3.51. The van der Waals surface area contributed by atoms with Crippen molar-refractivity contribution in [2.24, 2.45) is 16.5 Å². The average Bonchev–Trinajstić information content (AvgIpc) is 2.99. The van der Waals surface area contributed by atoms with Gasteiger partial charge in [-0.2, -0.15) is 4.99 Å². The fraction of sp³-hybridized carbons (Fsp3) is 0.409. The number of amides is 3. The van der Waals surface area contributed by atoms with Crippen LogP contribution in [-0.4, -0.2) is 52.4 Å². The first kappa shape index (κ1) is 23.0. The zero-order chi connectivity index (χ0) is 22.8. The van der Waals surface area contributed by atoms with E-state index in [1.165, 1.54) is 0 Å². The van der Waals surface area contributed by atoms with E-state index in [1.54, 1.807) is 12.4 Å². The molecule has 1 fully saturated rings. The lowest BCUT2D eigenvalue weighted by molar-refractivity contribution is -0.130. The number of likely N-dealkylation sites (tertiary alicyclic amines) is 1. The van der Waals surface area contributed by atoms with Crippen LogP contribution in [0.15, 0.2) is 41.7 Å². The Morgan fingerprint density at radius 3 is 2.72 bits per heavy atom. The van der Waals surface area contributed by atoms with Gasteiger partial charge in [-0.3, -0.25) is 4.79 Å². The number of nitrogens with zero attached hydrogens (tertiary/aromatic N) is 4. The molecule has 3 rings (SSSR count). The summed E-state index contributed by atoms with van der Waals surface area (Å²) in [6.45, 7) is 2.62. The maximum Gasteiger partial charge on any atom is 0.344 e. The molecule has 1 aromatic carbocycles. The summed E-state index contributed by atoms with van der Waals surface area (Å²) < 4.78 is 0. The van der Waals surface area contributed by atoms with Gasteiger partial charge in [-0.15, -0.1) is 0 Å². The Kier molecular flexibility index (Phi) is 8.36. The summed E-state index contributed by atoms with van der Waals surface area (Å²) in [5, 5.41) is 5.84. The van der Waals surface area contributed by atoms with Crippen LogP contribution < -0.4 is 22.1 Å². The average molecular weight is 439 g/mol. The highest BCUT2D eigenvalue weighted by molar-refractivity contribution is 5.90. The van der Waals surface area contributed by atoms with Gasteiger partial charge in [0.05, 0.1) is 0 Å². The quantitative estimate of drug-likeness (QED) is 0.279. The molecule has 1 aliphatic rings.